The Morgan fingerprint density at radius 2 is 1.67 bits per heavy atom. The van der Waals surface area contributed by atoms with Crippen LogP contribution < -0.4 is 0 Å². The molecular weight excluding hydrogens is 475 g/mol. The van der Waals surface area contributed by atoms with E-state index in [-0.39, 0.29) is 11.9 Å². The van der Waals surface area contributed by atoms with Gasteiger partial charge in [-0.1, -0.05) is 61.7 Å². The molecule has 2 aromatic rings. The zero-order valence-corrected chi connectivity index (χ0v) is 20.9. The van der Waals surface area contributed by atoms with Crippen LogP contribution in [-0.4, -0.2) is 28.1 Å². The van der Waals surface area contributed by atoms with Crippen molar-refractivity contribution in [1.29, 1.82) is 0 Å². The van der Waals surface area contributed by atoms with E-state index in [1.165, 1.54) is 50.3 Å². The lowest BCUT2D eigenvalue weighted by molar-refractivity contribution is -0.124. The summed E-state index contributed by atoms with van der Waals surface area (Å²) in [6, 6.07) is 9.80. The highest BCUT2D eigenvalue weighted by Gasteiger charge is 2.39. The molecule has 1 aliphatic heterocycles. The van der Waals surface area contributed by atoms with Gasteiger partial charge in [0.2, 0.25) is 0 Å². The number of amides is 1. The Morgan fingerprint density at radius 1 is 0.939 bits per heavy atom. The lowest BCUT2D eigenvalue weighted by atomic mass is 9.94. The molecule has 0 bridgehead atoms. The number of amidine groups is 1. The second-order valence-corrected chi connectivity index (χ2v) is 10.9. The van der Waals surface area contributed by atoms with Crippen LogP contribution in [0.15, 0.2) is 44.6 Å². The minimum absolute atomic E-state index is 0.0638. The Kier molecular flexibility index (Phi) is 7.19. The molecule has 5 rings (SSSR count). The van der Waals surface area contributed by atoms with E-state index in [0.717, 1.165) is 36.4 Å². The third-order valence-corrected chi connectivity index (χ3v) is 8.48. The van der Waals surface area contributed by atoms with E-state index in [1.807, 2.05) is 29.2 Å². The maximum atomic E-state index is 13.5. The number of halogens is 2. The molecule has 174 valence electrons. The first-order valence-electron chi connectivity index (χ1n) is 11.9. The van der Waals surface area contributed by atoms with Crippen LogP contribution in [0.2, 0.25) is 10.0 Å². The number of benzene rings is 1. The van der Waals surface area contributed by atoms with Crippen molar-refractivity contribution in [2.45, 2.75) is 76.3 Å². The molecule has 4 nitrogen and oxygen atoms in total. The van der Waals surface area contributed by atoms with Crippen LogP contribution in [0.4, 0.5) is 0 Å². The molecule has 2 heterocycles. The van der Waals surface area contributed by atoms with E-state index in [2.05, 4.69) is 0 Å². The monoisotopic (exact) mass is 502 g/mol. The Bertz CT molecular complexity index is 1080. The van der Waals surface area contributed by atoms with E-state index in [9.17, 15) is 4.79 Å². The number of furan rings is 1. The van der Waals surface area contributed by atoms with Gasteiger partial charge in [-0.05, 0) is 67.8 Å². The van der Waals surface area contributed by atoms with Crippen molar-refractivity contribution in [3.63, 3.8) is 0 Å². The lowest BCUT2D eigenvalue weighted by Crippen LogP contribution is -2.41. The number of hydrogen-bond donors (Lipinski definition) is 0. The summed E-state index contributed by atoms with van der Waals surface area (Å²) in [5, 5.41) is 1.88. The van der Waals surface area contributed by atoms with Gasteiger partial charge < -0.3 is 4.42 Å². The molecule has 33 heavy (non-hydrogen) atoms. The highest BCUT2D eigenvalue weighted by molar-refractivity contribution is 8.18. The highest BCUT2D eigenvalue weighted by Crippen LogP contribution is 2.39. The van der Waals surface area contributed by atoms with Crippen molar-refractivity contribution in [2.75, 3.05) is 0 Å². The van der Waals surface area contributed by atoms with Crippen LogP contribution in [0.3, 0.4) is 0 Å². The van der Waals surface area contributed by atoms with E-state index in [4.69, 9.17) is 32.6 Å². The van der Waals surface area contributed by atoms with Crippen molar-refractivity contribution < 1.29 is 9.21 Å². The summed E-state index contributed by atoms with van der Waals surface area (Å²) in [5.74, 6) is 1.40. The maximum Gasteiger partial charge on any atom is 0.267 e. The fraction of sp³-hybridized carbons (Fsp3) is 0.462. The average Bonchev–Trinajstić information content (AvgIpc) is 3.42. The molecule has 1 saturated heterocycles. The van der Waals surface area contributed by atoms with Gasteiger partial charge in [0.15, 0.2) is 5.17 Å². The molecule has 3 aliphatic rings. The van der Waals surface area contributed by atoms with Crippen molar-refractivity contribution in [2.24, 2.45) is 4.99 Å². The summed E-state index contributed by atoms with van der Waals surface area (Å²) >= 11 is 13.7. The summed E-state index contributed by atoms with van der Waals surface area (Å²) in [6.45, 7) is 0. The molecule has 0 atom stereocenters. The van der Waals surface area contributed by atoms with Gasteiger partial charge in [-0.3, -0.25) is 14.7 Å². The number of aliphatic imine (C=N–C) groups is 1. The molecular formula is C26H28Cl2N2O2S. The van der Waals surface area contributed by atoms with E-state index >= 15 is 0 Å². The smallest absolute Gasteiger partial charge is 0.267 e. The molecule has 1 aromatic carbocycles. The summed E-state index contributed by atoms with van der Waals surface area (Å²) in [6.07, 6.45) is 13.6. The van der Waals surface area contributed by atoms with Crippen LogP contribution in [0.5, 0.6) is 0 Å². The zero-order valence-electron chi connectivity index (χ0n) is 18.6. The largest absolute Gasteiger partial charge is 0.457 e. The zero-order chi connectivity index (χ0) is 22.8. The average molecular weight is 503 g/mol. The van der Waals surface area contributed by atoms with Crippen LogP contribution in [0.25, 0.3) is 17.4 Å². The number of carbonyl (C=O) groups excluding carboxylic acids is 1. The minimum atomic E-state index is 0.0638. The molecule has 3 fully saturated rings. The predicted octanol–water partition coefficient (Wildman–Crippen LogP) is 8.19. The molecule has 1 aromatic heterocycles. The van der Waals surface area contributed by atoms with Gasteiger partial charge in [0.25, 0.3) is 5.91 Å². The van der Waals surface area contributed by atoms with Crippen LogP contribution in [0, 0.1) is 0 Å². The summed E-state index contributed by atoms with van der Waals surface area (Å²) in [4.78, 5) is 21.3. The van der Waals surface area contributed by atoms with E-state index in [1.54, 1.807) is 12.1 Å². The highest BCUT2D eigenvalue weighted by atomic mass is 35.5. The quantitative estimate of drug-likeness (QED) is 0.395. The Labute approximate surface area is 209 Å². The minimum Gasteiger partial charge on any atom is -0.457 e. The molecule has 2 aliphatic carbocycles. The molecule has 0 radical (unpaired) electrons. The van der Waals surface area contributed by atoms with Crippen molar-refractivity contribution >= 4 is 52.1 Å². The van der Waals surface area contributed by atoms with Crippen molar-refractivity contribution in [3.05, 3.63) is 51.0 Å². The Hall–Kier alpha value is -1.69. The molecule has 2 saturated carbocycles. The summed E-state index contributed by atoms with van der Waals surface area (Å²) in [5.41, 5.74) is 0.850. The predicted molar refractivity (Wildman–Crippen MR) is 138 cm³/mol. The van der Waals surface area contributed by atoms with Crippen LogP contribution >= 0.6 is 35.0 Å². The Balaban J connectivity index is 1.41. The number of hydrogen-bond acceptors (Lipinski definition) is 4. The normalized spacial score (nSPS) is 23.2. The van der Waals surface area contributed by atoms with Crippen LogP contribution in [-0.2, 0) is 4.79 Å². The van der Waals surface area contributed by atoms with Gasteiger partial charge in [0.1, 0.15) is 11.5 Å². The second kappa shape index (κ2) is 10.3. The lowest BCUT2D eigenvalue weighted by Gasteiger charge is -2.31. The van der Waals surface area contributed by atoms with E-state index < -0.39 is 0 Å². The van der Waals surface area contributed by atoms with Gasteiger partial charge in [0.05, 0.1) is 21.0 Å². The van der Waals surface area contributed by atoms with Gasteiger partial charge in [-0.2, -0.15) is 0 Å². The first-order valence-corrected chi connectivity index (χ1v) is 13.5. The second-order valence-electron chi connectivity index (χ2n) is 9.11. The molecule has 0 spiro atoms. The maximum absolute atomic E-state index is 13.5. The van der Waals surface area contributed by atoms with E-state index in [0.29, 0.717) is 32.5 Å². The fourth-order valence-corrected chi connectivity index (χ4v) is 6.36. The first kappa shape index (κ1) is 23.1. The molecule has 0 N–H and O–H groups in total. The van der Waals surface area contributed by atoms with Gasteiger partial charge >= 0.3 is 0 Å². The third-order valence-electron chi connectivity index (χ3n) is 6.75. The number of carbonyl (C=O) groups is 1. The topological polar surface area (TPSA) is 45.8 Å². The molecule has 7 heteroatoms. The number of nitrogens with zero attached hydrogens (tertiary/aromatic N) is 2. The number of rotatable bonds is 4. The van der Waals surface area contributed by atoms with Gasteiger partial charge in [-0.15, -0.1) is 0 Å². The van der Waals surface area contributed by atoms with Crippen LogP contribution in [0.1, 0.15) is 70.0 Å². The fourth-order valence-electron chi connectivity index (χ4n) is 4.97. The Morgan fingerprint density at radius 3 is 2.39 bits per heavy atom. The number of thioether (sulfide) groups is 1. The SMILES string of the molecule is O=C1/C(=C/c2ccc(-c3ccc(Cl)c(Cl)c3)o2)SC(=NC2CCCCC2)N1C1CCCCC1. The molecule has 0 unspecified atom stereocenters. The summed E-state index contributed by atoms with van der Waals surface area (Å²) < 4.78 is 6.04. The van der Waals surface area contributed by atoms with Gasteiger partial charge in [0, 0.05) is 17.7 Å². The first-order chi connectivity index (χ1) is 16.1. The van der Waals surface area contributed by atoms with Gasteiger partial charge in [-0.25, -0.2) is 0 Å². The molecule has 1 amide bonds. The standard InChI is InChI=1S/C26H28Cl2N2O2S/c27-21-13-11-17(15-22(21)28)23-14-12-20(32-23)16-24-25(31)30(19-9-5-2-6-10-19)26(33-24)29-18-7-3-1-4-8-18/h11-16,18-19H,1-10H2/b24-16-,29-26?. The third kappa shape index (κ3) is 5.21. The van der Waals surface area contributed by atoms with Crippen molar-refractivity contribution in [3.8, 4) is 11.3 Å². The van der Waals surface area contributed by atoms with Crippen molar-refractivity contribution in [1.82, 2.24) is 4.90 Å². The summed E-state index contributed by atoms with van der Waals surface area (Å²) in [7, 11) is 0.